The van der Waals surface area contributed by atoms with Crippen LogP contribution in [-0.2, 0) is 4.79 Å². The zero-order valence-electron chi connectivity index (χ0n) is 12.4. The average molecular weight is 297 g/mol. The molecule has 0 fully saturated rings. The van der Waals surface area contributed by atoms with E-state index in [1.165, 1.54) is 0 Å². The molecular formula is C17H19N3O2. The van der Waals surface area contributed by atoms with Crippen LogP contribution in [0.2, 0.25) is 0 Å². The fraction of sp³-hybridized carbons (Fsp3) is 0.176. The Bertz CT molecular complexity index is 641. The van der Waals surface area contributed by atoms with Gasteiger partial charge < -0.3 is 16.0 Å². The molecule has 0 spiro atoms. The van der Waals surface area contributed by atoms with Gasteiger partial charge in [0.05, 0.1) is 11.4 Å². The van der Waals surface area contributed by atoms with Gasteiger partial charge in [0.1, 0.15) is 0 Å². The molecule has 2 rings (SSSR count). The van der Waals surface area contributed by atoms with Crippen molar-refractivity contribution in [3.05, 3.63) is 54.6 Å². The second kappa shape index (κ2) is 7.83. The number of carbonyl (C=O) groups excluding carboxylic acids is 2. The Balaban J connectivity index is 2.03. The highest BCUT2D eigenvalue weighted by Gasteiger charge is 2.08. The lowest BCUT2D eigenvalue weighted by Gasteiger charge is -2.12. The van der Waals surface area contributed by atoms with Gasteiger partial charge in [-0.15, -0.1) is 0 Å². The van der Waals surface area contributed by atoms with Crippen LogP contribution >= 0.6 is 0 Å². The smallest absolute Gasteiger partial charge is 0.323 e. The summed E-state index contributed by atoms with van der Waals surface area (Å²) >= 11 is 0. The summed E-state index contributed by atoms with van der Waals surface area (Å²) < 4.78 is 0. The molecular weight excluding hydrogens is 278 g/mol. The SMILES string of the molecule is CCCC(=O)Nc1ccccc1NC(=O)Nc1ccccc1. The van der Waals surface area contributed by atoms with Gasteiger partial charge in [-0.2, -0.15) is 0 Å². The third kappa shape index (κ3) is 4.63. The molecule has 22 heavy (non-hydrogen) atoms. The first kappa shape index (κ1) is 15.6. The summed E-state index contributed by atoms with van der Waals surface area (Å²) in [5.74, 6) is -0.0692. The molecule has 0 radical (unpaired) electrons. The second-order valence-electron chi connectivity index (χ2n) is 4.79. The van der Waals surface area contributed by atoms with Crippen LogP contribution in [0.1, 0.15) is 19.8 Å². The van der Waals surface area contributed by atoms with Gasteiger partial charge >= 0.3 is 6.03 Å². The second-order valence-corrected chi connectivity index (χ2v) is 4.79. The molecule has 0 heterocycles. The molecule has 0 saturated carbocycles. The molecule has 0 aliphatic heterocycles. The standard InChI is InChI=1S/C17H19N3O2/c1-2-8-16(21)19-14-11-6-7-12-15(14)20-17(22)18-13-9-4-3-5-10-13/h3-7,9-12H,2,8H2,1H3,(H,19,21)(H2,18,20,22). The van der Waals surface area contributed by atoms with Crippen molar-refractivity contribution >= 4 is 29.0 Å². The summed E-state index contributed by atoms with van der Waals surface area (Å²) in [5.41, 5.74) is 1.84. The molecule has 0 atom stereocenters. The minimum Gasteiger partial charge on any atom is -0.324 e. The summed E-state index contributed by atoms with van der Waals surface area (Å²) in [6, 6.07) is 15.9. The van der Waals surface area contributed by atoms with Gasteiger partial charge in [0, 0.05) is 12.1 Å². The Morgan fingerprint density at radius 2 is 1.41 bits per heavy atom. The van der Waals surface area contributed by atoms with Gasteiger partial charge in [-0.3, -0.25) is 4.79 Å². The van der Waals surface area contributed by atoms with Gasteiger partial charge in [-0.25, -0.2) is 4.79 Å². The van der Waals surface area contributed by atoms with Crippen LogP contribution in [-0.4, -0.2) is 11.9 Å². The number of benzene rings is 2. The Kier molecular flexibility index (Phi) is 5.54. The molecule has 5 heteroatoms. The van der Waals surface area contributed by atoms with Gasteiger partial charge in [0.15, 0.2) is 0 Å². The van der Waals surface area contributed by atoms with Crippen molar-refractivity contribution in [2.45, 2.75) is 19.8 Å². The van der Waals surface area contributed by atoms with E-state index < -0.39 is 0 Å². The number of hydrogen-bond acceptors (Lipinski definition) is 2. The van der Waals surface area contributed by atoms with E-state index in [1.54, 1.807) is 30.3 Å². The summed E-state index contributed by atoms with van der Waals surface area (Å²) in [5, 5.41) is 8.27. The van der Waals surface area contributed by atoms with E-state index in [4.69, 9.17) is 0 Å². The Morgan fingerprint density at radius 3 is 2.05 bits per heavy atom. The molecule has 0 aliphatic rings. The molecule has 0 aliphatic carbocycles. The number of rotatable bonds is 5. The van der Waals surface area contributed by atoms with E-state index in [9.17, 15) is 9.59 Å². The Hall–Kier alpha value is -2.82. The Morgan fingerprint density at radius 1 is 0.818 bits per heavy atom. The number of anilines is 3. The topological polar surface area (TPSA) is 70.2 Å². The van der Waals surface area contributed by atoms with Crippen LogP contribution in [0, 0.1) is 0 Å². The van der Waals surface area contributed by atoms with Crippen molar-refractivity contribution in [1.82, 2.24) is 0 Å². The highest BCUT2D eigenvalue weighted by Crippen LogP contribution is 2.21. The largest absolute Gasteiger partial charge is 0.324 e. The monoisotopic (exact) mass is 297 g/mol. The fourth-order valence-electron chi connectivity index (χ4n) is 1.95. The molecule has 3 N–H and O–H groups in total. The molecule has 0 aromatic heterocycles. The normalized spacial score (nSPS) is 9.86. The maximum atomic E-state index is 12.0. The number of para-hydroxylation sites is 3. The fourth-order valence-corrected chi connectivity index (χ4v) is 1.95. The van der Waals surface area contributed by atoms with Gasteiger partial charge in [0.2, 0.25) is 5.91 Å². The minimum atomic E-state index is -0.358. The first-order valence-corrected chi connectivity index (χ1v) is 7.21. The summed E-state index contributed by atoms with van der Waals surface area (Å²) in [4.78, 5) is 23.7. The van der Waals surface area contributed by atoms with Crippen LogP contribution in [0.5, 0.6) is 0 Å². The van der Waals surface area contributed by atoms with Crippen LogP contribution in [0.15, 0.2) is 54.6 Å². The van der Waals surface area contributed by atoms with E-state index in [0.29, 0.717) is 23.5 Å². The van der Waals surface area contributed by atoms with Gasteiger partial charge in [0.25, 0.3) is 0 Å². The number of carbonyl (C=O) groups is 2. The Labute approximate surface area is 129 Å². The van der Waals surface area contributed by atoms with E-state index in [0.717, 1.165) is 6.42 Å². The number of hydrogen-bond donors (Lipinski definition) is 3. The predicted octanol–water partition coefficient (Wildman–Crippen LogP) is 4.07. The van der Waals surface area contributed by atoms with Gasteiger partial charge in [-0.1, -0.05) is 37.3 Å². The van der Waals surface area contributed by atoms with Crippen molar-refractivity contribution in [3.8, 4) is 0 Å². The number of nitrogens with one attached hydrogen (secondary N) is 3. The minimum absolute atomic E-state index is 0.0692. The van der Waals surface area contributed by atoms with Crippen LogP contribution in [0.4, 0.5) is 21.9 Å². The molecule has 2 aromatic rings. The third-order valence-corrected chi connectivity index (χ3v) is 2.96. The molecule has 3 amide bonds. The molecule has 0 unspecified atom stereocenters. The van der Waals surface area contributed by atoms with E-state index in [1.807, 2.05) is 31.2 Å². The first-order valence-electron chi connectivity index (χ1n) is 7.21. The van der Waals surface area contributed by atoms with Gasteiger partial charge in [-0.05, 0) is 30.7 Å². The van der Waals surface area contributed by atoms with Crippen molar-refractivity contribution in [2.75, 3.05) is 16.0 Å². The quantitative estimate of drug-likeness (QED) is 0.778. The molecule has 5 nitrogen and oxygen atoms in total. The summed E-state index contributed by atoms with van der Waals surface area (Å²) in [6.45, 7) is 1.94. The predicted molar refractivity (Wildman–Crippen MR) is 89.1 cm³/mol. The van der Waals surface area contributed by atoms with E-state index >= 15 is 0 Å². The van der Waals surface area contributed by atoms with Crippen LogP contribution in [0.3, 0.4) is 0 Å². The highest BCUT2D eigenvalue weighted by atomic mass is 16.2. The first-order chi connectivity index (χ1) is 10.7. The summed E-state index contributed by atoms with van der Waals surface area (Å²) in [6.07, 6.45) is 1.22. The number of amides is 3. The van der Waals surface area contributed by atoms with Crippen LogP contribution < -0.4 is 16.0 Å². The zero-order valence-corrected chi connectivity index (χ0v) is 12.4. The molecule has 0 saturated heterocycles. The lowest BCUT2D eigenvalue weighted by Crippen LogP contribution is -2.21. The van der Waals surface area contributed by atoms with E-state index in [2.05, 4.69) is 16.0 Å². The molecule has 2 aromatic carbocycles. The van der Waals surface area contributed by atoms with Crippen molar-refractivity contribution in [1.29, 1.82) is 0 Å². The number of urea groups is 1. The maximum absolute atomic E-state index is 12.0. The van der Waals surface area contributed by atoms with Crippen molar-refractivity contribution in [2.24, 2.45) is 0 Å². The van der Waals surface area contributed by atoms with Crippen LogP contribution in [0.25, 0.3) is 0 Å². The summed E-state index contributed by atoms with van der Waals surface area (Å²) in [7, 11) is 0. The lowest BCUT2D eigenvalue weighted by molar-refractivity contribution is -0.116. The van der Waals surface area contributed by atoms with Crippen molar-refractivity contribution in [3.63, 3.8) is 0 Å². The molecule has 114 valence electrons. The maximum Gasteiger partial charge on any atom is 0.323 e. The van der Waals surface area contributed by atoms with E-state index in [-0.39, 0.29) is 11.9 Å². The average Bonchev–Trinajstić information content (AvgIpc) is 2.50. The lowest BCUT2D eigenvalue weighted by atomic mass is 10.2. The molecule has 0 bridgehead atoms. The van der Waals surface area contributed by atoms with Crippen molar-refractivity contribution < 1.29 is 9.59 Å². The zero-order chi connectivity index (χ0) is 15.8. The third-order valence-electron chi connectivity index (χ3n) is 2.96. The highest BCUT2D eigenvalue weighted by molar-refractivity contribution is 6.03.